The molecule has 1 unspecified atom stereocenters. The van der Waals surface area contributed by atoms with Crippen molar-refractivity contribution in [3.8, 4) is 11.5 Å². The lowest BCUT2D eigenvalue weighted by atomic mass is 9.86. The zero-order valence-electron chi connectivity index (χ0n) is 17.1. The minimum atomic E-state index is -4.37. The van der Waals surface area contributed by atoms with E-state index in [2.05, 4.69) is 26.1 Å². The van der Waals surface area contributed by atoms with Gasteiger partial charge in [-0.2, -0.15) is 13.2 Å². The van der Waals surface area contributed by atoms with Gasteiger partial charge < -0.3 is 19.9 Å². The lowest BCUT2D eigenvalue weighted by Crippen LogP contribution is -2.31. The molecular weight excluding hydrogens is 383 g/mol. The number of nitrogens with one attached hydrogen (secondary N) is 1. The second-order valence-corrected chi connectivity index (χ2v) is 7.91. The summed E-state index contributed by atoms with van der Waals surface area (Å²) >= 11 is 0. The number of halogens is 3. The molecule has 0 aliphatic heterocycles. The first-order valence-corrected chi connectivity index (χ1v) is 9.37. The predicted molar refractivity (Wildman–Crippen MR) is 106 cm³/mol. The Hall–Kier alpha value is -2.25. The SMILES string of the molecule is COc1ccc(OCC(O)CNCc2cccc(C(F)(F)F)c2)c(C(C)(C)C)c1. The van der Waals surface area contributed by atoms with Gasteiger partial charge in [-0.1, -0.05) is 39.0 Å². The topological polar surface area (TPSA) is 50.7 Å². The number of methoxy groups -OCH3 is 1. The Morgan fingerprint density at radius 1 is 1.07 bits per heavy atom. The maximum Gasteiger partial charge on any atom is 0.416 e. The van der Waals surface area contributed by atoms with Crippen LogP contribution in [-0.4, -0.2) is 31.5 Å². The van der Waals surface area contributed by atoms with Gasteiger partial charge in [0.2, 0.25) is 0 Å². The Balaban J connectivity index is 1.89. The molecule has 0 radical (unpaired) electrons. The summed E-state index contributed by atoms with van der Waals surface area (Å²) in [4.78, 5) is 0. The van der Waals surface area contributed by atoms with Crippen molar-refractivity contribution in [1.29, 1.82) is 0 Å². The monoisotopic (exact) mass is 411 g/mol. The molecule has 4 nitrogen and oxygen atoms in total. The van der Waals surface area contributed by atoms with E-state index in [1.54, 1.807) is 19.2 Å². The molecule has 0 aliphatic carbocycles. The van der Waals surface area contributed by atoms with Crippen LogP contribution in [-0.2, 0) is 18.1 Å². The van der Waals surface area contributed by atoms with Gasteiger partial charge >= 0.3 is 6.18 Å². The summed E-state index contributed by atoms with van der Waals surface area (Å²) in [6.07, 6.45) is -5.18. The van der Waals surface area contributed by atoms with Gasteiger partial charge in [0.1, 0.15) is 24.2 Å². The minimum Gasteiger partial charge on any atom is -0.497 e. The normalized spacial score (nSPS) is 13.2. The summed E-state index contributed by atoms with van der Waals surface area (Å²) in [7, 11) is 1.60. The molecule has 2 aromatic rings. The first-order chi connectivity index (χ1) is 13.5. The highest BCUT2D eigenvalue weighted by atomic mass is 19.4. The number of ether oxygens (including phenoxy) is 2. The molecule has 0 saturated carbocycles. The molecule has 0 spiro atoms. The third-order valence-electron chi connectivity index (χ3n) is 4.39. The van der Waals surface area contributed by atoms with Crippen molar-refractivity contribution in [2.75, 3.05) is 20.3 Å². The van der Waals surface area contributed by atoms with Gasteiger partial charge in [0.05, 0.1) is 12.7 Å². The van der Waals surface area contributed by atoms with Crippen molar-refractivity contribution in [1.82, 2.24) is 5.32 Å². The molecule has 0 bridgehead atoms. The van der Waals surface area contributed by atoms with E-state index in [1.165, 1.54) is 6.07 Å². The minimum absolute atomic E-state index is 0.0605. The van der Waals surface area contributed by atoms with Crippen molar-refractivity contribution in [3.63, 3.8) is 0 Å². The summed E-state index contributed by atoms with van der Waals surface area (Å²) in [6, 6.07) is 10.6. The molecule has 2 N–H and O–H groups in total. The largest absolute Gasteiger partial charge is 0.497 e. The van der Waals surface area contributed by atoms with Crippen LogP contribution < -0.4 is 14.8 Å². The Labute approximate surface area is 169 Å². The fourth-order valence-electron chi connectivity index (χ4n) is 2.83. The molecule has 1 atom stereocenters. The lowest BCUT2D eigenvalue weighted by molar-refractivity contribution is -0.137. The molecule has 0 fully saturated rings. The molecule has 2 rings (SSSR count). The molecule has 7 heteroatoms. The van der Waals surface area contributed by atoms with Crippen LogP contribution >= 0.6 is 0 Å². The van der Waals surface area contributed by atoms with E-state index in [-0.39, 0.29) is 25.1 Å². The first-order valence-electron chi connectivity index (χ1n) is 9.37. The number of aliphatic hydroxyl groups is 1. The van der Waals surface area contributed by atoms with Crippen LogP contribution in [0.4, 0.5) is 13.2 Å². The van der Waals surface area contributed by atoms with Gasteiger partial charge in [0, 0.05) is 18.7 Å². The van der Waals surface area contributed by atoms with Gasteiger partial charge in [0.25, 0.3) is 0 Å². The molecule has 0 aromatic heterocycles. The van der Waals surface area contributed by atoms with Gasteiger partial charge in [-0.05, 0) is 35.2 Å². The van der Waals surface area contributed by atoms with Crippen molar-refractivity contribution < 1.29 is 27.8 Å². The molecule has 160 valence electrons. The molecule has 29 heavy (non-hydrogen) atoms. The Morgan fingerprint density at radius 3 is 2.41 bits per heavy atom. The quantitative estimate of drug-likeness (QED) is 0.670. The van der Waals surface area contributed by atoms with Gasteiger partial charge in [-0.15, -0.1) is 0 Å². The molecule has 0 saturated heterocycles. The first kappa shape index (κ1) is 23.0. The maximum atomic E-state index is 12.8. The van der Waals surface area contributed by atoms with Crippen molar-refractivity contribution in [2.45, 2.75) is 45.0 Å². The van der Waals surface area contributed by atoms with Crippen LogP contribution in [0.25, 0.3) is 0 Å². The highest BCUT2D eigenvalue weighted by molar-refractivity contribution is 5.44. The van der Waals surface area contributed by atoms with Gasteiger partial charge in [0.15, 0.2) is 0 Å². The van der Waals surface area contributed by atoms with Crippen LogP contribution in [0.1, 0.15) is 37.5 Å². The van der Waals surface area contributed by atoms with E-state index >= 15 is 0 Å². The molecule has 0 aliphatic rings. The standard InChI is InChI=1S/C22H28F3NO3/c1-21(2,3)19-11-18(28-4)8-9-20(19)29-14-17(27)13-26-12-15-6-5-7-16(10-15)22(23,24)25/h5-11,17,26-27H,12-14H2,1-4H3. The van der Waals surface area contributed by atoms with Crippen LogP contribution in [0.3, 0.4) is 0 Å². The second-order valence-electron chi connectivity index (χ2n) is 7.91. The summed E-state index contributed by atoms with van der Waals surface area (Å²) in [5, 5.41) is 13.1. The van der Waals surface area contributed by atoms with E-state index in [0.29, 0.717) is 11.3 Å². The van der Waals surface area contributed by atoms with E-state index < -0.39 is 17.8 Å². The fraction of sp³-hybridized carbons (Fsp3) is 0.455. The Kier molecular flexibility index (Phi) is 7.54. The number of hydrogen-bond donors (Lipinski definition) is 2. The summed E-state index contributed by atoms with van der Waals surface area (Å²) in [6.45, 7) is 6.64. The molecular formula is C22H28F3NO3. The molecule has 0 heterocycles. The van der Waals surface area contributed by atoms with Crippen LogP contribution in [0.2, 0.25) is 0 Å². The average Bonchev–Trinajstić information content (AvgIpc) is 2.65. The average molecular weight is 411 g/mol. The predicted octanol–water partition coefficient (Wildman–Crippen LogP) is 4.54. The Morgan fingerprint density at radius 2 is 1.79 bits per heavy atom. The fourth-order valence-corrected chi connectivity index (χ4v) is 2.83. The smallest absolute Gasteiger partial charge is 0.416 e. The highest BCUT2D eigenvalue weighted by Gasteiger charge is 2.30. The molecule has 0 amide bonds. The van der Waals surface area contributed by atoms with Crippen molar-refractivity contribution in [2.24, 2.45) is 0 Å². The number of hydrogen-bond acceptors (Lipinski definition) is 4. The van der Waals surface area contributed by atoms with Crippen LogP contribution in [0, 0.1) is 0 Å². The van der Waals surface area contributed by atoms with E-state index in [9.17, 15) is 18.3 Å². The lowest BCUT2D eigenvalue weighted by Gasteiger charge is -2.24. The second kappa shape index (κ2) is 9.50. The maximum absolute atomic E-state index is 12.8. The third kappa shape index (κ3) is 6.94. The summed E-state index contributed by atoms with van der Waals surface area (Å²) < 4.78 is 49.3. The number of benzene rings is 2. The number of rotatable bonds is 8. The van der Waals surface area contributed by atoms with Crippen LogP contribution in [0.5, 0.6) is 11.5 Å². The van der Waals surface area contributed by atoms with E-state index in [4.69, 9.17) is 9.47 Å². The van der Waals surface area contributed by atoms with Crippen LogP contribution in [0.15, 0.2) is 42.5 Å². The Bertz CT molecular complexity index is 801. The summed E-state index contributed by atoms with van der Waals surface area (Å²) in [5.41, 5.74) is 0.602. The van der Waals surface area contributed by atoms with Gasteiger partial charge in [-0.3, -0.25) is 0 Å². The highest BCUT2D eigenvalue weighted by Crippen LogP contribution is 2.34. The van der Waals surface area contributed by atoms with E-state index in [0.717, 1.165) is 23.4 Å². The number of aliphatic hydroxyl groups excluding tert-OH is 1. The third-order valence-corrected chi connectivity index (χ3v) is 4.39. The zero-order chi connectivity index (χ0) is 21.7. The summed E-state index contributed by atoms with van der Waals surface area (Å²) in [5.74, 6) is 1.39. The van der Waals surface area contributed by atoms with Crippen molar-refractivity contribution in [3.05, 3.63) is 59.2 Å². The van der Waals surface area contributed by atoms with Crippen molar-refractivity contribution >= 4 is 0 Å². The van der Waals surface area contributed by atoms with Gasteiger partial charge in [-0.25, -0.2) is 0 Å². The van der Waals surface area contributed by atoms with E-state index in [1.807, 2.05) is 12.1 Å². The molecule has 2 aromatic carbocycles. The number of alkyl halides is 3. The zero-order valence-corrected chi connectivity index (χ0v) is 17.1.